The van der Waals surface area contributed by atoms with E-state index in [0.717, 1.165) is 11.8 Å². The predicted octanol–water partition coefficient (Wildman–Crippen LogP) is 6.88. The van der Waals surface area contributed by atoms with Gasteiger partial charge < -0.3 is 0 Å². The Hall–Kier alpha value is -0.780. The van der Waals surface area contributed by atoms with Crippen LogP contribution in [0.4, 0.5) is 0 Å². The lowest BCUT2D eigenvalue weighted by Gasteiger charge is -2.28. The second kappa shape index (κ2) is 9.28. The van der Waals surface area contributed by atoms with Gasteiger partial charge in [-0.15, -0.1) is 0 Å². The van der Waals surface area contributed by atoms with Gasteiger partial charge >= 0.3 is 0 Å². The molecule has 21 heavy (non-hydrogen) atoms. The Balaban J connectivity index is 1.77. The molecule has 0 N–H and O–H groups in total. The van der Waals surface area contributed by atoms with Crippen molar-refractivity contribution >= 4 is 0 Å². The quantitative estimate of drug-likeness (QED) is 0.457. The van der Waals surface area contributed by atoms with E-state index < -0.39 is 0 Å². The first-order chi connectivity index (χ1) is 10.3. The highest BCUT2D eigenvalue weighted by molar-refractivity contribution is 5.25. The third-order valence-corrected chi connectivity index (χ3v) is 5.31. The lowest BCUT2D eigenvalue weighted by atomic mass is 9.77. The Labute approximate surface area is 132 Å². The van der Waals surface area contributed by atoms with E-state index in [0.29, 0.717) is 0 Å². The fourth-order valence-electron chi connectivity index (χ4n) is 3.91. The van der Waals surface area contributed by atoms with Crippen LogP contribution in [0.15, 0.2) is 24.3 Å². The van der Waals surface area contributed by atoms with Crippen molar-refractivity contribution in [3.63, 3.8) is 0 Å². The molecule has 1 aliphatic rings. The number of hydrogen-bond donors (Lipinski definition) is 0. The summed E-state index contributed by atoms with van der Waals surface area (Å²) in [5, 5.41) is 0. The van der Waals surface area contributed by atoms with Gasteiger partial charge in [0.2, 0.25) is 0 Å². The van der Waals surface area contributed by atoms with Crippen LogP contribution in [0.5, 0.6) is 0 Å². The van der Waals surface area contributed by atoms with Crippen molar-refractivity contribution in [1.82, 2.24) is 0 Å². The van der Waals surface area contributed by atoms with Gasteiger partial charge in [-0.25, -0.2) is 0 Å². The van der Waals surface area contributed by atoms with Crippen molar-refractivity contribution in [2.75, 3.05) is 0 Å². The molecular weight excluding hydrogens is 252 g/mol. The van der Waals surface area contributed by atoms with Crippen LogP contribution in [0.2, 0.25) is 0 Å². The van der Waals surface area contributed by atoms with Crippen molar-refractivity contribution in [3.05, 3.63) is 35.4 Å². The molecule has 0 unspecified atom stereocenters. The van der Waals surface area contributed by atoms with Crippen molar-refractivity contribution in [2.24, 2.45) is 5.92 Å². The highest BCUT2D eigenvalue weighted by Gasteiger charge is 2.21. The maximum atomic E-state index is 2.42. The monoisotopic (exact) mass is 286 g/mol. The normalized spacial score (nSPS) is 22.4. The molecule has 1 aliphatic carbocycles. The maximum absolute atomic E-state index is 2.42. The van der Waals surface area contributed by atoms with Gasteiger partial charge in [0.05, 0.1) is 0 Å². The number of aryl methyl sites for hydroxylation is 1. The zero-order valence-corrected chi connectivity index (χ0v) is 14.2. The standard InChI is InChI=1S/C21H34/c1-3-5-6-7-9-19-12-16-21(17-13-19)20-14-10-18(8-4-2)11-15-20/h12-13,16-18,20H,3-11,14-15H2,1-2H3. The van der Waals surface area contributed by atoms with Crippen LogP contribution in [0.25, 0.3) is 0 Å². The highest BCUT2D eigenvalue weighted by Crippen LogP contribution is 2.37. The fourth-order valence-corrected chi connectivity index (χ4v) is 3.91. The third kappa shape index (κ3) is 5.49. The topological polar surface area (TPSA) is 0 Å². The number of unbranched alkanes of at least 4 members (excludes halogenated alkanes) is 3. The van der Waals surface area contributed by atoms with Crippen LogP contribution in [-0.2, 0) is 6.42 Å². The smallest absolute Gasteiger partial charge is 0.0162 e. The molecule has 0 aromatic heterocycles. The molecule has 0 atom stereocenters. The summed E-state index contributed by atoms with van der Waals surface area (Å²) in [6, 6.07) is 9.61. The average molecular weight is 287 g/mol. The van der Waals surface area contributed by atoms with Gasteiger partial charge in [-0.05, 0) is 61.5 Å². The Morgan fingerprint density at radius 3 is 2.14 bits per heavy atom. The minimum atomic E-state index is 0.840. The molecule has 0 heteroatoms. The highest BCUT2D eigenvalue weighted by atomic mass is 14.3. The van der Waals surface area contributed by atoms with Gasteiger partial charge in [0.1, 0.15) is 0 Å². The molecular formula is C21H34. The summed E-state index contributed by atoms with van der Waals surface area (Å²) in [6.07, 6.45) is 15.3. The van der Waals surface area contributed by atoms with Crippen LogP contribution < -0.4 is 0 Å². The van der Waals surface area contributed by atoms with Crippen LogP contribution in [0.1, 0.15) is 95.1 Å². The van der Waals surface area contributed by atoms with Gasteiger partial charge in [-0.2, -0.15) is 0 Å². The second-order valence-electron chi connectivity index (χ2n) is 7.06. The molecule has 2 rings (SSSR count). The van der Waals surface area contributed by atoms with Gasteiger partial charge in [0, 0.05) is 0 Å². The Morgan fingerprint density at radius 1 is 0.810 bits per heavy atom. The summed E-state index contributed by atoms with van der Waals surface area (Å²) in [6.45, 7) is 4.61. The molecule has 118 valence electrons. The van der Waals surface area contributed by atoms with Crippen LogP contribution in [0, 0.1) is 5.92 Å². The van der Waals surface area contributed by atoms with Crippen molar-refractivity contribution in [1.29, 1.82) is 0 Å². The van der Waals surface area contributed by atoms with Crippen molar-refractivity contribution in [2.45, 2.75) is 90.4 Å². The molecule has 0 aliphatic heterocycles. The van der Waals surface area contributed by atoms with E-state index in [1.54, 1.807) is 5.56 Å². The second-order valence-corrected chi connectivity index (χ2v) is 7.06. The zero-order valence-electron chi connectivity index (χ0n) is 14.2. The fraction of sp³-hybridized carbons (Fsp3) is 0.714. The van der Waals surface area contributed by atoms with Gasteiger partial charge in [-0.3, -0.25) is 0 Å². The minimum Gasteiger partial charge on any atom is -0.0654 e. The molecule has 0 heterocycles. The number of benzene rings is 1. The Kier molecular flexibility index (Phi) is 7.33. The summed E-state index contributed by atoms with van der Waals surface area (Å²) in [5.74, 6) is 1.86. The molecule has 0 spiro atoms. The molecule has 0 saturated heterocycles. The van der Waals surface area contributed by atoms with E-state index in [-0.39, 0.29) is 0 Å². The van der Waals surface area contributed by atoms with Crippen molar-refractivity contribution in [3.8, 4) is 0 Å². The Bertz CT molecular complexity index is 368. The summed E-state index contributed by atoms with van der Waals surface area (Å²) in [7, 11) is 0. The van der Waals surface area contributed by atoms with E-state index in [1.807, 2.05) is 0 Å². The largest absolute Gasteiger partial charge is 0.0654 e. The average Bonchev–Trinajstić information content (AvgIpc) is 2.53. The maximum Gasteiger partial charge on any atom is -0.0162 e. The summed E-state index contributed by atoms with van der Waals surface area (Å²) < 4.78 is 0. The number of rotatable bonds is 8. The predicted molar refractivity (Wildman–Crippen MR) is 93.9 cm³/mol. The van der Waals surface area contributed by atoms with Crippen LogP contribution >= 0.6 is 0 Å². The van der Waals surface area contributed by atoms with E-state index in [9.17, 15) is 0 Å². The summed E-state index contributed by atoms with van der Waals surface area (Å²) in [5.41, 5.74) is 3.14. The van der Waals surface area contributed by atoms with E-state index in [4.69, 9.17) is 0 Å². The summed E-state index contributed by atoms with van der Waals surface area (Å²) >= 11 is 0. The SMILES string of the molecule is CCCCCCc1ccc(C2CCC(CCC)CC2)cc1. The van der Waals surface area contributed by atoms with Crippen LogP contribution in [-0.4, -0.2) is 0 Å². The first kappa shape index (κ1) is 16.6. The lowest BCUT2D eigenvalue weighted by Crippen LogP contribution is -2.13. The molecule has 1 fully saturated rings. The molecule has 1 saturated carbocycles. The minimum absolute atomic E-state index is 0.840. The van der Waals surface area contributed by atoms with E-state index in [1.165, 1.54) is 76.2 Å². The molecule has 1 aromatic carbocycles. The van der Waals surface area contributed by atoms with Gasteiger partial charge in [0.15, 0.2) is 0 Å². The first-order valence-electron chi connectivity index (χ1n) is 9.42. The lowest BCUT2D eigenvalue weighted by molar-refractivity contribution is 0.308. The van der Waals surface area contributed by atoms with Crippen molar-refractivity contribution < 1.29 is 0 Å². The number of hydrogen-bond acceptors (Lipinski definition) is 0. The molecule has 0 nitrogen and oxygen atoms in total. The molecule has 1 aromatic rings. The first-order valence-corrected chi connectivity index (χ1v) is 9.42. The van der Waals surface area contributed by atoms with Crippen LogP contribution in [0.3, 0.4) is 0 Å². The van der Waals surface area contributed by atoms with Gasteiger partial charge in [0.25, 0.3) is 0 Å². The van der Waals surface area contributed by atoms with E-state index >= 15 is 0 Å². The molecule has 0 amide bonds. The Morgan fingerprint density at radius 2 is 1.52 bits per heavy atom. The van der Waals surface area contributed by atoms with E-state index in [2.05, 4.69) is 38.1 Å². The molecule has 0 bridgehead atoms. The molecule has 0 radical (unpaired) electrons. The zero-order chi connectivity index (χ0) is 14.9. The summed E-state index contributed by atoms with van der Waals surface area (Å²) in [4.78, 5) is 0. The third-order valence-electron chi connectivity index (χ3n) is 5.31. The van der Waals surface area contributed by atoms with Gasteiger partial charge in [-0.1, -0.05) is 70.2 Å².